The van der Waals surface area contributed by atoms with E-state index >= 15 is 0 Å². The first-order valence-electron chi connectivity index (χ1n) is 5.09. The molecule has 0 amide bonds. The number of hydrogen-bond donors (Lipinski definition) is 1. The van der Waals surface area contributed by atoms with Crippen molar-refractivity contribution in [1.82, 2.24) is 9.88 Å². The summed E-state index contributed by atoms with van der Waals surface area (Å²) in [5.74, 6) is 0.683. The molecule has 0 aliphatic rings. The van der Waals surface area contributed by atoms with Crippen LogP contribution in [0, 0.1) is 6.92 Å². The first-order chi connectivity index (χ1) is 7.09. The summed E-state index contributed by atoms with van der Waals surface area (Å²) in [4.78, 5) is 6.27. The van der Waals surface area contributed by atoms with Crippen LogP contribution in [0.1, 0.15) is 12.0 Å². The van der Waals surface area contributed by atoms with E-state index in [-0.39, 0.29) is 0 Å². The Morgan fingerprint density at radius 1 is 1.47 bits per heavy atom. The number of ether oxygens (including phenoxy) is 1. The number of aryl methyl sites for hydroxylation is 1. The van der Waals surface area contributed by atoms with E-state index in [2.05, 4.69) is 9.88 Å². The SMILES string of the molecule is Cc1cc(N)cnc1OCCCN(C)C. The van der Waals surface area contributed by atoms with E-state index in [1.165, 1.54) is 0 Å². The molecular formula is C11H19N3O. The maximum Gasteiger partial charge on any atom is 0.216 e. The predicted molar refractivity (Wildman–Crippen MR) is 62.1 cm³/mol. The molecule has 0 fully saturated rings. The van der Waals surface area contributed by atoms with Gasteiger partial charge in [-0.05, 0) is 33.5 Å². The zero-order valence-electron chi connectivity index (χ0n) is 9.66. The van der Waals surface area contributed by atoms with Crippen molar-refractivity contribution >= 4 is 5.69 Å². The quantitative estimate of drug-likeness (QED) is 0.743. The number of rotatable bonds is 5. The van der Waals surface area contributed by atoms with Crippen LogP contribution >= 0.6 is 0 Å². The highest BCUT2D eigenvalue weighted by Gasteiger charge is 2.01. The summed E-state index contributed by atoms with van der Waals surface area (Å²) in [5.41, 5.74) is 7.26. The summed E-state index contributed by atoms with van der Waals surface area (Å²) in [7, 11) is 4.10. The zero-order chi connectivity index (χ0) is 11.3. The maximum atomic E-state index is 5.60. The summed E-state index contributed by atoms with van der Waals surface area (Å²) < 4.78 is 5.55. The van der Waals surface area contributed by atoms with E-state index in [9.17, 15) is 0 Å². The van der Waals surface area contributed by atoms with E-state index < -0.39 is 0 Å². The minimum Gasteiger partial charge on any atom is -0.477 e. The van der Waals surface area contributed by atoms with E-state index in [1.54, 1.807) is 6.20 Å². The summed E-state index contributed by atoms with van der Waals surface area (Å²) in [6, 6.07) is 1.87. The van der Waals surface area contributed by atoms with E-state index in [0.29, 0.717) is 18.2 Å². The second-order valence-electron chi connectivity index (χ2n) is 3.90. The van der Waals surface area contributed by atoms with Gasteiger partial charge in [0.2, 0.25) is 5.88 Å². The number of nitrogens with zero attached hydrogens (tertiary/aromatic N) is 2. The van der Waals surface area contributed by atoms with Gasteiger partial charge in [0.1, 0.15) is 0 Å². The van der Waals surface area contributed by atoms with Crippen molar-refractivity contribution in [3.05, 3.63) is 17.8 Å². The summed E-state index contributed by atoms with van der Waals surface area (Å²) in [6.07, 6.45) is 2.62. The van der Waals surface area contributed by atoms with Gasteiger partial charge in [-0.1, -0.05) is 0 Å². The largest absolute Gasteiger partial charge is 0.477 e. The predicted octanol–water partition coefficient (Wildman–Crippen LogP) is 1.30. The first-order valence-corrected chi connectivity index (χ1v) is 5.09. The lowest BCUT2D eigenvalue weighted by atomic mass is 10.3. The van der Waals surface area contributed by atoms with Gasteiger partial charge in [-0.2, -0.15) is 0 Å². The van der Waals surface area contributed by atoms with Crippen LogP contribution in [0.2, 0.25) is 0 Å². The van der Waals surface area contributed by atoms with Crippen molar-refractivity contribution in [2.24, 2.45) is 0 Å². The number of hydrogen-bond acceptors (Lipinski definition) is 4. The number of aromatic nitrogens is 1. The highest BCUT2D eigenvalue weighted by molar-refractivity contribution is 5.41. The third-order valence-electron chi connectivity index (χ3n) is 2.04. The van der Waals surface area contributed by atoms with Crippen LogP contribution in [0.5, 0.6) is 5.88 Å². The second kappa shape index (κ2) is 5.56. The molecule has 4 heteroatoms. The van der Waals surface area contributed by atoms with Gasteiger partial charge in [0.25, 0.3) is 0 Å². The molecule has 15 heavy (non-hydrogen) atoms. The Labute approximate surface area is 91.1 Å². The molecule has 0 aromatic carbocycles. The fraction of sp³-hybridized carbons (Fsp3) is 0.545. The number of nitrogens with two attached hydrogens (primary N) is 1. The minimum atomic E-state index is 0.674. The summed E-state index contributed by atoms with van der Waals surface area (Å²) in [6.45, 7) is 3.66. The average Bonchev–Trinajstić information content (AvgIpc) is 2.14. The van der Waals surface area contributed by atoms with Crippen molar-refractivity contribution in [2.75, 3.05) is 33.0 Å². The second-order valence-corrected chi connectivity index (χ2v) is 3.90. The Balaban J connectivity index is 2.37. The Hall–Kier alpha value is -1.29. The monoisotopic (exact) mass is 209 g/mol. The van der Waals surface area contributed by atoms with Gasteiger partial charge in [-0.15, -0.1) is 0 Å². The van der Waals surface area contributed by atoms with Gasteiger partial charge >= 0.3 is 0 Å². The van der Waals surface area contributed by atoms with Gasteiger partial charge in [0.15, 0.2) is 0 Å². The van der Waals surface area contributed by atoms with E-state index in [0.717, 1.165) is 18.5 Å². The van der Waals surface area contributed by atoms with Crippen LogP contribution in [0.15, 0.2) is 12.3 Å². The number of nitrogen functional groups attached to an aromatic ring is 1. The molecule has 84 valence electrons. The fourth-order valence-corrected chi connectivity index (χ4v) is 1.28. The molecular weight excluding hydrogens is 190 g/mol. The molecule has 0 saturated carbocycles. The Kier molecular flexibility index (Phi) is 4.37. The lowest BCUT2D eigenvalue weighted by Crippen LogP contribution is -2.15. The van der Waals surface area contributed by atoms with Crippen LogP contribution in [0.3, 0.4) is 0 Å². The van der Waals surface area contributed by atoms with Gasteiger partial charge in [-0.3, -0.25) is 0 Å². The number of anilines is 1. The molecule has 1 aromatic rings. The molecule has 1 aromatic heterocycles. The standard InChI is InChI=1S/C11H19N3O/c1-9-7-10(12)8-13-11(9)15-6-4-5-14(2)3/h7-8H,4-6,12H2,1-3H3. The average molecular weight is 209 g/mol. The molecule has 1 rings (SSSR count). The first kappa shape index (κ1) is 11.8. The lowest BCUT2D eigenvalue weighted by molar-refractivity contribution is 0.271. The van der Waals surface area contributed by atoms with Crippen LogP contribution in [0.25, 0.3) is 0 Å². The van der Waals surface area contributed by atoms with Crippen molar-refractivity contribution in [3.63, 3.8) is 0 Å². The molecule has 4 nitrogen and oxygen atoms in total. The molecule has 0 radical (unpaired) electrons. The fourth-order valence-electron chi connectivity index (χ4n) is 1.28. The molecule has 0 aliphatic carbocycles. The van der Waals surface area contributed by atoms with Gasteiger partial charge < -0.3 is 15.4 Å². The minimum absolute atomic E-state index is 0.674. The molecule has 1 heterocycles. The smallest absolute Gasteiger partial charge is 0.216 e. The van der Waals surface area contributed by atoms with Crippen LogP contribution in [-0.2, 0) is 0 Å². The Morgan fingerprint density at radius 2 is 2.20 bits per heavy atom. The van der Waals surface area contributed by atoms with E-state index in [1.807, 2.05) is 27.1 Å². The molecule has 0 bridgehead atoms. The molecule has 0 spiro atoms. The van der Waals surface area contributed by atoms with Gasteiger partial charge in [-0.25, -0.2) is 4.98 Å². The van der Waals surface area contributed by atoms with E-state index in [4.69, 9.17) is 10.5 Å². The topological polar surface area (TPSA) is 51.4 Å². The molecule has 0 atom stereocenters. The van der Waals surface area contributed by atoms with Crippen LogP contribution < -0.4 is 10.5 Å². The van der Waals surface area contributed by atoms with Crippen molar-refractivity contribution < 1.29 is 4.74 Å². The lowest BCUT2D eigenvalue weighted by Gasteiger charge is -2.11. The molecule has 0 saturated heterocycles. The molecule has 2 N–H and O–H groups in total. The highest BCUT2D eigenvalue weighted by Crippen LogP contribution is 2.16. The zero-order valence-corrected chi connectivity index (χ0v) is 9.66. The van der Waals surface area contributed by atoms with Crippen LogP contribution in [0.4, 0.5) is 5.69 Å². The highest BCUT2D eigenvalue weighted by atomic mass is 16.5. The third-order valence-corrected chi connectivity index (χ3v) is 2.04. The summed E-state index contributed by atoms with van der Waals surface area (Å²) in [5, 5.41) is 0. The normalized spacial score (nSPS) is 10.7. The Bertz CT molecular complexity index is 313. The van der Waals surface area contributed by atoms with Crippen molar-refractivity contribution in [2.45, 2.75) is 13.3 Å². The van der Waals surface area contributed by atoms with Crippen molar-refractivity contribution in [3.8, 4) is 5.88 Å². The van der Waals surface area contributed by atoms with Gasteiger partial charge in [0, 0.05) is 12.1 Å². The Morgan fingerprint density at radius 3 is 2.80 bits per heavy atom. The van der Waals surface area contributed by atoms with Crippen molar-refractivity contribution in [1.29, 1.82) is 0 Å². The number of pyridine rings is 1. The summed E-state index contributed by atoms with van der Waals surface area (Å²) >= 11 is 0. The third kappa shape index (κ3) is 4.16. The van der Waals surface area contributed by atoms with Gasteiger partial charge in [0.05, 0.1) is 18.5 Å². The maximum absolute atomic E-state index is 5.60. The molecule has 0 aliphatic heterocycles. The molecule has 0 unspecified atom stereocenters. The van der Waals surface area contributed by atoms with Crippen LogP contribution in [-0.4, -0.2) is 37.1 Å².